The third-order valence-electron chi connectivity index (χ3n) is 5.39. The lowest BCUT2D eigenvalue weighted by atomic mass is 10.1. The molecule has 0 fully saturated rings. The molecule has 13 heteroatoms. The van der Waals surface area contributed by atoms with E-state index < -0.39 is 43.3 Å². The molecule has 3 aromatic rings. The van der Waals surface area contributed by atoms with Crippen LogP contribution in [-0.2, 0) is 31.5 Å². The van der Waals surface area contributed by atoms with Crippen LogP contribution in [0.15, 0.2) is 70.5 Å². The van der Waals surface area contributed by atoms with Crippen LogP contribution in [0.4, 0.5) is 18.9 Å². The molecule has 1 N–H and O–H groups in total. The van der Waals surface area contributed by atoms with E-state index in [4.69, 9.17) is 27.9 Å². The van der Waals surface area contributed by atoms with Crippen molar-refractivity contribution in [2.45, 2.75) is 60.9 Å². The number of carbonyl (C=O) groups excluding carboxylic acids is 2. The number of hydrogen-bond donors (Lipinski definition) is 1. The standard InChI is InChI=1S/C28H26Cl2F3NO5S2/c1-27(2,3)39-26(36)13-11-24(35)18-6-4-17(5-7-18)16-40-25-12-8-19(29)14-23(25)34-41(37,38)20-9-10-22(30)21(15-20)28(31,32)33/h4-10,12,14-15,34H,11,13,16H2,1-3H3. The van der Waals surface area contributed by atoms with Crippen molar-refractivity contribution in [1.82, 2.24) is 0 Å². The number of thioether (sulfide) groups is 1. The van der Waals surface area contributed by atoms with Gasteiger partial charge in [-0.2, -0.15) is 13.2 Å². The van der Waals surface area contributed by atoms with Crippen molar-refractivity contribution in [3.05, 3.63) is 87.4 Å². The molecular formula is C28H26Cl2F3NO5S2. The normalized spacial score (nSPS) is 12.2. The second-order valence-electron chi connectivity index (χ2n) is 9.88. The van der Waals surface area contributed by atoms with Crippen LogP contribution in [0.3, 0.4) is 0 Å². The number of rotatable bonds is 10. The van der Waals surface area contributed by atoms with Crippen LogP contribution in [0.25, 0.3) is 0 Å². The lowest BCUT2D eigenvalue weighted by Crippen LogP contribution is -2.24. The fraction of sp³-hybridized carbons (Fsp3) is 0.286. The van der Waals surface area contributed by atoms with E-state index >= 15 is 0 Å². The van der Waals surface area contributed by atoms with Gasteiger partial charge in [0.05, 0.1) is 27.6 Å². The van der Waals surface area contributed by atoms with Gasteiger partial charge in [0.2, 0.25) is 0 Å². The first-order valence-corrected chi connectivity index (χ1v) is 15.3. The minimum absolute atomic E-state index is 0.00930. The number of nitrogens with one attached hydrogen (secondary N) is 1. The molecule has 0 bridgehead atoms. The molecule has 0 atom stereocenters. The Morgan fingerprint density at radius 1 is 0.927 bits per heavy atom. The first-order chi connectivity index (χ1) is 18.9. The van der Waals surface area contributed by atoms with Gasteiger partial charge in [0.25, 0.3) is 10.0 Å². The van der Waals surface area contributed by atoms with Crippen LogP contribution in [0.2, 0.25) is 10.0 Å². The molecule has 6 nitrogen and oxygen atoms in total. The lowest BCUT2D eigenvalue weighted by Gasteiger charge is -2.19. The Morgan fingerprint density at radius 2 is 1.59 bits per heavy atom. The van der Waals surface area contributed by atoms with Crippen molar-refractivity contribution in [2.75, 3.05) is 4.72 Å². The number of anilines is 1. The first-order valence-electron chi connectivity index (χ1n) is 12.1. The Hall–Kier alpha value is -2.73. The Morgan fingerprint density at radius 3 is 2.20 bits per heavy atom. The Balaban J connectivity index is 1.70. The molecule has 3 rings (SSSR count). The van der Waals surface area contributed by atoms with Crippen LogP contribution in [-0.4, -0.2) is 25.8 Å². The van der Waals surface area contributed by atoms with E-state index in [2.05, 4.69) is 4.72 Å². The molecule has 0 heterocycles. The van der Waals surface area contributed by atoms with Crippen molar-refractivity contribution in [3.8, 4) is 0 Å². The monoisotopic (exact) mass is 647 g/mol. The quantitative estimate of drug-likeness (QED) is 0.135. The van der Waals surface area contributed by atoms with Gasteiger partial charge in [0.15, 0.2) is 5.78 Å². The molecule has 0 amide bonds. The molecular weight excluding hydrogens is 622 g/mol. The van der Waals surface area contributed by atoms with Crippen molar-refractivity contribution < 1.29 is 35.9 Å². The van der Waals surface area contributed by atoms with E-state index in [-0.39, 0.29) is 29.3 Å². The second kappa shape index (κ2) is 13.1. The summed E-state index contributed by atoms with van der Waals surface area (Å²) in [6.45, 7) is 5.24. The van der Waals surface area contributed by atoms with Gasteiger partial charge in [-0.05, 0) is 62.7 Å². The fourth-order valence-corrected chi connectivity index (χ4v) is 6.00. The summed E-state index contributed by atoms with van der Waals surface area (Å²) in [7, 11) is -4.42. The topological polar surface area (TPSA) is 89.5 Å². The zero-order valence-corrected chi connectivity index (χ0v) is 25.3. The van der Waals surface area contributed by atoms with Crippen molar-refractivity contribution >= 4 is 62.4 Å². The summed E-state index contributed by atoms with van der Waals surface area (Å²) >= 11 is 12.9. The van der Waals surface area contributed by atoms with Crippen molar-refractivity contribution in [1.29, 1.82) is 0 Å². The Kier molecular flexibility index (Phi) is 10.4. The van der Waals surface area contributed by atoms with Gasteiger partial charge < -0.3 is 4.74 Å². The van der Waals surface area contributed by atoms with E-state index in [9.17, 15) is 31.2 Å². The number of hydrogen-bond acceptors (Lipinski definition) is 6. The molecule has 0 spiro atoms. The molecule has 0 saturated carbocycles. The molecule has 0 radical (unpaired) electrons. The SMILES string of the molecule is CC(C)(C)OC(=O)CCC(=O)c1ccc(CSc2ccc(Cl)cc2NS(=O)(=O)c2ccc(Cl)c(C(F)(F)F)c2)cc1. The summed E-state index contributed by atoms with van der Waals surface area (Å²) < 4.78 is 73.2. The third-order valence-corrected chi connectivity index (χ3v) is 8.46. The van der Waals surface area contributed by atoms with Crippen LogP contribution in [0.5, 0.6) is 0 Å². The van der Waals surface area contributed by atoms with Crippen LogP contribution in [0, 0.1) is 0 Å². The summed E-state index contributed by atoms with van der Waals surface area (Å²) in [6, 6.07) is 13.6. The number of sulfonamides is 1. The highest BCUT2D eigenvalue weighted by Gasteiger charge is 2.34. The van der Waals surface area contributed by atoms with E-state index in [1.54, 1.807) is 57.2 Å². The molecule has 41 heavy (non-hydrogen) atoms. The molecule has 0 saturated heterocycles. The highest BCUT2D eigenvalue weighted by Crippen LogP contribution is 2.37. The molecule has 0 unspecified atom stereocenters. The average Bonchev–Trinajstić information content (AvgIpc) is 2.85. The number of carbonyl (C=O) groups is 2. The predicted octanol–water partition coefficient (Wildman–Crippen LogP) is 8.41. The molecule has 3 aromatic carbocycles. The van der Waals surface area contributed by atoms with Gasteiger partial charge in [0.1, 0.15) is 5.60 Å². The molecule has 0 aliphatic carbocycles. The summed E-state index contributed by atoms with van der Waals surface area (Å²) in [5.74, 6) is -0.285. The van der Waals surface area contributed by atoms with Gasteiger partial charge in [-0.1, -0.05) is 47.5 Å². The summed E-state index contributed by atoms with van der Waals surface area (Å²) in [5, 5.41) is -0.403. The van der Waals surface area contributed by atoms with Gasteiger partial charge in [-0.3, -0.25) is 14.3 Å². The van der Waals surface area contributed by atoms with Crippen molar-refractivity contribution in [2.24, 2.45) is 0 Å². The largest absolute Gasteiger partial charge is 0.460 e. The fourth-order valence-electron chi connectivity index (χ4n) is 3.50. The van der Waals surface area contributed by atoms with E-state index in [1.165, 1.54) is 17.8 Å². The number of halogens is 5. The number of benzene rings is 3. The highest BCUT2D eigenvalue weighted by atomic mass is 35.5. The Bertz CT molecular complexity index is 1540. The third kappa shape index (κ3) is 9.66. The predicted molar refractivity (Wildman–Crippen MR) is 154 cm³/mol. The molecule has 0 aliphatic heterocycles. The van der Waals surface area contributed by atoms with Crippen molar-refractivity contribution in [3.63, 3.8) is 0 Å². The number of alkyl halides is 3. The van der Waals surface area contributed by atoms with E-state index in [1.807, 2.05) is 0 Å². The number of ketones is 1. The van der Waals surface area contributed by atoms with Gasteiger partial charge in [0, 0.05) is 27.7 Å². The number of ether oxygens (including phenoxy) is 1. The smallest absolute Gasteiger partial charge is 0.417 e. The minimum atomic E-state index is -4.84. The maximum atomic E-state index is 13.3. The van der Waals surface area contributed by atoms with E-state index in [0.717, 1.165) is 17.7 Å². The van der Waals surface area contributed by atoms with Crippen LogP contribution < -0.4 is 4.72 Å². The van der Waals surface area contributed by atoms with Crippen LogP contribution in [0.1, 0.15) is 55.1 Å². The van der Waals surface area contributed by atoms with Gasteiger partial charge in [-0.25, -0.2) is 8.42 Å². The Labute approximate surface area is 250 Å². The molecule has 0 aliphatic rings. The second-order valence-corrected chi connectivity index (χ2v) is 13.4. The number of Topliss-reactive ketones (excluding diaryl/α,β-unsaturated/α-hetero) is 1. The molecule has 220 valence electrons. The average molecular weight is 649 g/mol. The zero-order chi connectivity index (χ0) is 30.6. The molecule has 0 aromatic heterocycles. The maximum absolute atomic E-state index is 13.3. The highest BCUT2D eigenvalue weighted by molar-refractivity contribution is 7.98. The van der Waals surface area contributed by atoms with Gasteiger partial charge in [-0.15, -0.1) is 11.8 Å². The minimum Gasteiger partial charge on any atom is -0.460 e. The van der Waals surface area contributed by atoms with E-state index in [0.29, 0.717) is 22.3 Å². The maximum Gasteiger partial charge on any atom is 0.417 e. The zero-order valence-electron chi connectivity index (χ0n) is 22.1. The van der Waals surface area contributed by atoms with Crippen LogP contribution >= 0.6 is 35.0 Å². The van der Waals surface area contributed by atoms with Gasteiger partial charge >= 0.3 is 12.1 Å². The number of esters is 1. The summed E-state index contributed by atoms with van der Waals surface area (Å²) in [5.41, 5.74) is -0.567. The lowest BCUT2D eigenvalue weighted by molar-refractivity contribution is -0.154. The summed E-state index contributed by atoms with van der Waals surface area (Å²) in [6.07, 6.45) is -4.86. The first kappa shape index (κ1) is 32.8. The summed E-state index contributed by atoms with van der Waals surface area (Å²) in [4.78, 5) is 24.2.